The number of ether oxygens (including phenoxy) is 1. The second-order valence-corrected chi connectivity index (χ2v) is 5.61. The van der Waals surface area contributed by atoms with E-state index in [-0.39, 0.29) is 23.9 Å². The van der Waals surface area contributed by atoms with Crippen molar-refractivity contribution >= 4 is 15.4 Å². The van der Waals surface area contributed by atoms with E-state index in [0.717, 1.165) is 25.7 Å². The van der Waals surface area contributed by atoms with Gasteiger partial charge in [0.25, 0.3) is 0 Å². The van der Waals surface area contributed by atoms with Gasteiger partial charge in [-0.25, -0.2) is 4.39 Å². The predicted octanol–water partition coefficient (Wildman–Crippen LogP) is 3.84. The molecule has 0 aromatic carbocycles. The lowest BCUT2D eigenvalue weighted by Crippen LogP contribution is -2.20. The maximum atomic E-state index is 13.9. The largest absolute Gasteiger partial charge is 0.469 e. The summed E-state index contributed by atoms with van der Waals surface area (Å²) >= 11 is 0. The Morgan fingerprint density at radius 2 is 2.15 bits per heavy atom. The predicted molar refractivity (Wildman–Crippen MR) is 81.0 cm³/mol. The Bertz CT molecular complexity index is 322. The smallest absolute Gasteiger partial charge is 0.305 e. The summed E-state index contributed by atoms with van der Waals surface area (Å²) in [7, 11) is 3.67. The highest BCUT2D eigenvalue weighted by Crippen LogP contribution is 2.41. The van der Waals surface area contributed by atoms with Gasteiger partial charge in [-0.2, -0.15) is 0 Å². The van der Waals surface area contributed by atoms with E-state index in [0.29, 0.717) is 12.8 Å². The minimum absolute atomic E-state index is 0.000306. The Morgan fingerprint density at radius 3 is 2.75 bits per heavy atom. The highest BCUT2D eigenvalue weighted by molar-refractivity contribution is 7.09. The van der Waals surface area contributed by atoms with Crippen LogP contribution in [0.4, 0.5) is 4.39 Å². The molecule has 0 bridgehead atoms. The SMILES string of the molecule is CC[C@H]1C(F)CC(OP)[C@@H]1C/C=C\CCCC(=O)OC. The van der Waals surface area contributed by atoms with Gasteiger partial charge in [-0.15, -0.1) is 0 Å². The number of carbonyl (C=O) groups excluding carboxylic acids is 1. The number of alkyl halides is 1. The highest BCUT2D eigenvalue weighted by Gasteiger charge is 2.41. The summed E-state index contributed by atoms with van der Waals surface area (Å²) in [5.74, 6) is 0.182. The Labute approximate surface area is 123 Å². The lowest BCUT2D eigenvalue weighted by Gasteiger charge is -2.21. The van der Waals surface area contributed by atoms with Crippen molar-refractivity contribution in [2.24, 2.45) is 11.8 Å². The zero-order valence-electron chi connectivity index (χ0n) is 12.4. The van der Waals surface area contributed by atoms with Crippen LogP contribution < -0.4 is 0 Å². The fraction of sp³-hybridized carbons (Fsp3) is 0.800. The molecule has 20 heavy (non-hydrogen) atoms. The molecule has 1 rings (SSSR count). The maximum absolute atomic E-state index is 13.9. The molecule has 0 aromatic rings. The molecule has 5 atom stereocenters. The van der Waals surface area contributed by atoms with Gasteiger partial charge in [0.1, 0.15) is 6.17 Å². The van der Waals surface area contributed by atoms with Crippen molar-refractivity contribution in [1.29, 1.82) is 0 Å². The first kappa shape index (κ1) is 17.6. The molecule has 1 aliphatic carbocycles. The molecule has 0 aromatic heterocycles. The van der Waals surface area contributed by atoms with Crippen LogP contribution in [0.15, 0.2) is 12.2 Å². The molecule has 3 unspecified atom stereocenters. The van der Waals surface area contributed by atoms with Gasteiger partial charge in [-0.1, -0.05) is 25.5 Å². The van der Waals surface area contributed by atoms with Gasteiger partial charge in [-0.3, -0.25) is 4.79 Å². The highest BCUT2D eigenvalue weighted by atomic mass is 31.0. The van der Waals surface area contributed by atoms with Crippen LogP contribution in [-0.4, -0.2) is 25.4 Å². The van der Waals surface area contributed by atoms with E-state index in [9.17, 15) is 9.18 Å². The lowest BCUT2D eigenvalue weighted by molar-refractivity contribution is -0.140. The number of methoxy groups -OCH3 is 1. The molecule has 0 heterocycles. The van der Waals surface area contributed by atoms with Crippen LogP contribution >= 0.6 is 9.47 Å². The third-order valence-corrected chi connectivity index (χ3v) is 4.50. The number of hydrogen-bond acceptors (Lipinski definition) is 3. The Morgan fingerprint density at radius 1 is 1.40 bits per heavy atom. The minimum Gasteiger partial charge on any atom is -0.469 e. The maximum Gasteiger partial charge on any atom is 0.305 e. The molecule has 0 aliphatic heterocycles. The van der Waals surface area contributed by atoms with Crippen molar-refractivity contribution in [3.63, 3.8) is 0 Å². The van der Waals surface area contributed by atoms with Crippen molar-refractivity contribution in [3.8, 4) is 0 Å². The first-order valence-electron chi connectivity index (χ1n) is 7.35. The quantitative estimate of drug-likeness (QED) is 0.296. The molecule has 0 radical (unpaired) electrons. The molecule has 5 heteroatoms. The number of halogens is 1. The molecule has 1 aliphatic rings. The molecular formula is C15H26FO3P. The van der Waals surface area contributed by atoms with Crippen molar-refractivity contribution < 1.29 is 18.4 Å². The molecule has 116 valence electrons. The van der Waals surface area contributed by atoms with E-state index in [2.05, 4.69) is 26.4 Å². The normalized spacial score (nSPS) is 30.0. The molecule has 1 fully saturated rings. The lowest BCUT2D eigenvalue weighted by atomic mass is 9.89. The van der Waals surface area contributed by atoms with E-state index >= 15 is 0 Å². The van der Waals surface area contributed by atoms with E-state index < -0.39 is 6.17 Å². The molecule has 0 saturated heterocycles. The molecule has 1 saturated carbocycles. The van der Waals surface area contributed by atoms with Crippen molar-refractivity contribution in [1.82, 2.24) is 0 Å². The third kappa shape index (κ3) is 5.14. The summed E-state index contributed by atoms with van der Waals surface area (Å²) in [6, 6.07) is 0. The van der Waals surface area contributed by atoms with Crippen molar-refractivity contribution in [2.75, 3.05) is 7.11 Å². The van der Waals surface area contributed by atoms with Crippen LogP contribution in [0.1, 0.15) is 45.4 Å². The van der Waals surface area contributed by atoms with Gasteiger partial charge < -0.3 is 9.26 Å². The van der Waals surface area contributed by atoms with Gasteiger partial charge in [0, 0.05) is 22.3 Å². The Hall–Kier alpha value is -0.470. The number of esters is 1. The molecule has 3 nitrogen and oxygen atoms in total. The van der Waals surface area contributed by atoms with Crippen LogP contribution in [-0.2, 0) is 14.1 Å². The Kier molecular flexibility index (Phi) is 8.32. The third-order valence-electron chi connectivity index (χ3n) is 4.15. The summed E-state index contributed by atoms with van der Waals surface area (Å²) in [5.41, 5.74) is 0. The second-order valence-electron chi connectivity index (χ2n) is 5.34. The van der Waals surface area contributed by atoms with Crippen molar-refractivity contribution in [2.45, 2.75) is 57.7 Å². The average molecular weight is 304 g/mol. The molecule has 0 N–H and O–H groups in total. The van der Waals surface area contributed by atoms with Crippen LogP contribution in [0, 0.1) is 11.8 Å². The summed E-state index contributed by atoms with van der Waals surface area (Å²) in [6.45, 7) is 2.04. The van der Waals surface area contributed by atoms with Gasteiger partial charge in [0.2, 0.25) is 0 Å². The monoisotopic (exact) mass is 304 g/mol. The number of allylic oxidation sites excluding steroid dienone is 2. The number of hydrogen-bond donors (Lipinski definition) is 0. The van der Waals surface area contributed by atoms with Crippen LogP contribution in [0.25, 0.3) is 0 Å². The van der Waals surface area contributed by atoms with Crippen LogP contribution in [0.3, 0.4) is 0 Å². The summed E-state index contributed by atoms with van der Waals surface area (Å²) in [6.07, 6.45) is 7.71. The number of carbonyl (C=O) groups is 1. The topological polar surface area (TPSA) is 35.5 Å². The second kappa shape index (κ2) is 9.46. The van der Waals surface area contributed by atoms with E-state index in [1.54, 1.807) is 0 Å². The zero-order valence-corrected chi connectivity index (χ0v) is 13.5. The van der Waals surface area contributed by atoms with E-state index in [1.807, 2.05) is 6.92 Å². The standard InChI is InChI=1S/C15H26FO3P/c1-3-11-12(14(19-20)10-13(11)16)8-6-4-5-7-9-15(17)18-2/h4,6,11-14H,3,5,7-10,20H2,1-2H3/b6-4-/t11-,12-,13?,14?/m1/s1. The van der Waals surface area contributed by atoms with Crippen LogP contribution in [0.5, 0.6) is 0 Å². The molecule has 0 spiro atoms. The first-order chi connectivity index (χ1) is 9.63. The summed E-state index contributed by atoms with van der Waals surface area (Å²) in [4.78, 5) is 10.9. The fourth-order valence-corrected chi connectivity index (χ4v) is 3.31. The van der Waals surface area contributed by atoms with Gasteiger partial charge in [0.05, 0.1) is 13.2 Å². The number of rotatable bonds is 8. The van der Waals surface area contributed by atoms with Gasteiger partial charge in [-0.05, 0) is 31.1 Å². The van der Waals surface area contributed by atoms with Gasteiger partial charge in [0.15, 0.2) is 0 Å². The first-order valence-corrected chi connectivity index (χ1v) is 7.82. The zero-order chi connectivity index (χ0) is 15.0. The fourth-order valence-electron chi connectivity index (χ4n) is 2.99. The Balaban J connectivity index is 2.33. The summed E-state index contributed by atoms with van der Waals surface area (Å²) < 4.78 is 23.8. The average Bonchev–Trinajstić information content (AvgIpc) is 2.77. The van der Waals surface area contributed by atoms with E-state index in [4.69, 9.17) is 4.52 Å². The minimum atomic E-state index is -0.747. The van der Waals surface area contributed by atoms with Crippen LogP contribution in [0.2, 0.25) is 0 Å². The molecular weight excluding hydrogens is 278 g/mol. The molecule has 0 amide bonds. The number of unbranched alkanes of at least 4 members (excludes halogenated alkanes) is 1. The summed E-state index contributed by atoms with van der Waals surface area (Å²) in [5, 5.41) is 0. The van der Waals surface area contributed by atoms with E-state index in [1.165, 1.54) is 7.11 Å². The van der Waals surface area contributed by atoms with Gasteiger partial charge >= 0.3 is 5.97 Å². The van der Waals surface area contributed by atoms with Crippen molar-refractivity contribution in [3.05, 3.63) is 12.2 Å².